The number of aryl methyl sites for hydroxylation is 2. The molecule has 7 heteroatoms. The number of nitrogens with one attached hydrogen (secondary N) is 1. The van der Waals surface area contributed by atoms with Crippen molar-refractivity contribution in [3.8, 4) is 17.5 Å². The highest BCUT2D eigenvalue weighted by atomic mass is 16.5. The molecule has 0 atom stereocenters. The monoisotopic (exact) mass is 418 g/mol. The minimum absolute atomic E-state index is 0.0185. The zero-order chi connectivity index (χ0) is 21.6. The number of carbonyl (C=O) groups excluding carboxylic acids is 1. The van der Waals surface area contributed by atoms with E-state index in [1.54, 1.807) is 17.3 Å². The molecule has 1 fully saturated rings. The molecule has 0 bridgehead atoms. The van der Waals surface area contributed by atoms with Crippen LogP contribution in [0.25, 0.3) is 0 Å². The molecule has 1 N–H and O–H groups in total. The Labute approximate surface area is 182 Å². The highest BCUT2D eigenvalue weighted by Crippen LogP contribution is 2.24. The summed E-state index contributed by atoms with van der Waals surface area (Å²) >= 11 is 0. The van der Waals surface area contributed by atoms with E-state index in [2.05, 4.69) is 15.3 Å². The first kappa shape index (κ1) is 20.7. The first-order chi connectivity index (χ1) is 15.0. The number of urea groups is 1. The van der Waals surface area contributed by atoms with Crippen LogP contribution in [0.3, 0.4) is 0 Å². The van der Waals surface area contributed by atoms with E-state index in [1.165, 1.54) is 5.56 Å². The maximum Gasteiger partial charge on any atom is 0.321 e. The van der Waals surface area contributed by atoms with E-state index in [0.717, 1.165) is 35.6 Å². The standard InChI is InChI=1S/C24H26N4O3/c1-17-3-7-20(8-4-17)30-21-9-5-19(6-10-21)27-24(29)28-13-11-22(12-14-28)31-23-25-15-18(2)16-26-23/h3-10,15-16,22H,11-14H2,1-2H3,(H,27,29). The van der Waals surface area contributed by atoms with Crippen molar-refractivity contribution in [3.63, 3.8) is 0 Å². The molecule has 1 aliphatic rings. The summed E-state index contributed by atoms with van der Waals surface area (Å²) in [7, 11) is 0. The van der Waals surface area contributed by atoms with Crippen LogP contribution in [0.2, 0.25) is 0 Å². The first-order valence-electron chi connectivity index (χ1n) is 10.4. The highest BCUT2D eigenvalue weighted by Gasteiger charge is 2.24. The Bertz CT molecular complexity index is 997. The molecule has 0 radical (unpaired) electrons. The molecule has 3 aromatic rings. The molecular formula is C24H26N4O3. The minimum atomic E-state index is -0.114. The Morgan fingerprint density at radius 1 is 0.903 bits per heavy atom. The fraction of sp³-hybridized carbons (Fsp3) is 0.292. The predicted octanol–water partition coefficient (Wildman–Crippen LogP) is 4.96. The van der Waals surface area contributed by atoms with Crippen LogP contribution in [0.1, 0.15) is 24.0 Å². The summed E-state index contributed by atoms with van der Waals surface area (Å²) in [5.41, 5.74) is 2.91. The summed E-state index contributed by atoms with van der Waals surface area (Å²) in [6.45, 7) is 5.22. The number of hydrogen-bond donors (Lipinski definition) is 1. The Balaban J connectivity index is 1.25. The molecule has 0 aliphatic carbocycles. The van der Waals surface area contributed by atoms with Crippen LogP contribution in [0.5, 0.6) is 17.5 Å². The van der Waals surface area contributed by atoms with Crippen molar-refractivity contribution in [2.75, 3.05) is 18.4 Å². The van der Waals surface area contributed by atoms with Gasteiger partial charge in [0, 0.05) is 44.0 Å². The summed E-state index contributed by atoms with van der Waals surface area (Å²) in [6, 6.07) is 15.5. The lowest BCUT2D eigenvalue weighted by molar-refractivity contribution is 0.107. The molecule has 2 heterocycles. The Morgan fingerprint density at radius 2 is 1.48 bits per heavy atom. The Kier molecular flexibility index (Phi) is 6.31. The molecule has 160 valence electrons. The average Bonchev–Trinajstić information content (AvgIpc) is 2.79. The van der Waals surface area contributed by atoms with Gasteiger partial charge < -0.3 is 19.7 Å². The van der Waals surface area contributed by atoms with Gasteiger partial charge in [0.15, 0.2) is 0 Å². The van der Waals surface area contributed by atoms with Crippen molar-refractivity contribution in [2.45, 2.75) is 32.8 Å². The van der Waals surface area contributed by atoms with Crippen LogP contribution in [-0.4, -0.2) is 40.1 Å². The third kappa shape index (κ3) is 5.72. The van der Waals surface area contributed by atoms with Gasteiger partial charge in [0.05, 0.1) is 0 Å². The van der Waals surface area contributed by atoms with E-state index in [-0.39, 0.29) is 12.1 Å². The zero-order valence-corrected chi connectivity index (χ0v) is 17.7. The van der Waals surface area contributed by atoms with E-state index in [9.17, 15) is 4.79 Å². The number of rotatable bonds is 5. The molecule has 1 aromatic heterocycles. The van der Waals surface area contributed by atoms with Gasteiger partial charge >= 0.3 is 12.0 Å². The van der Waals surface area contributed by atoms with Crippen LogP contribution in [0, 0.1) is 13.8 Å². The average molecular weight is 418 g/mol. The number of ether oxygens (including phenoxy) is 2. The first-order valence-corrected chi connectivity index (χ1v) is 10.4. The van der Waals surface area contributed by atoms with Crippen molar-refractivity contribution in [1.29, 1.82) is 0 Å². The minimum Gasteiger partial charge on any atom is -0.460 e. The maximum atomic E-state index is 12.6. The molecule has 1 saturated heterocycles. The topological polar surface area (TPSA) is 76.6 Å². The normalized spacial score (nSPS) is 14.2. The number of benzene rings is 2. The molecule has 4 rings (SSSR count). The van der Waals surface area contributed by atoms with E-state index in [4.69, 9.17) is 9.47 Å². The van der Waals surface area contributed by atoms with Gasteiger partial charge in [-0.15, -0.1) is 0 Å². The highest BCUT2D eigenvalue weighted by molar-refractivity contribution is 5.89. The number of likely N-dealkylation sites (tertiary alicyclic amines) is 1. The number of hydrogen-bond acceptors (Lipinski definition) is 5. The maximum absolute atomic E-state index is 12.6. The van der Waals surface area contributed by atoms with Crippen LogP contribution in [0.15, 0.2) is 60.9 Å². The third-order valence-electron chi connectivity index (χ3n) is 5.12. The molecule has 2 aromatic carbocycles. The van der Waals surface area contributed by atoms with E-state index >= 15 is 0 Å². The molecule has 2 amide bonds. The number of anilines is 1. The molecular weight excluding hydrogens is 392 g/mol. The molecule has 0 saturated carbocycles. The van der Waals surface area contributed by atoms with Gasteiger partial charge in [-0.25, -0.2) is 14.8 Å². The molecule has 31 heavy (non-hydrogen) atoms. The summed E-state index contributed by atoms with van der Waals surface area (Å²) in [5.74, 6) is 1.50. The van der Waals surface area contributed by atoms with Gasteiger partial charge in [-0.1, -0.05) is 17.7 Å². The number of aromatic nitrogens is 2. The van der Waals surface area contributed by atoms with Crippen LogP contribution in [-0.2, 0) is 0 Å². The SMILES string of the molecule is Cc1ccc(Oc2ccc(NC(=O)N3CCC(Oc4ncc(C)cn4)CC3)cc2)cc1. The summed E-state index contributed by atoms with van der Waals surface area (Å²) in [4.78, 5) is 22.8. The zero-order valence-electron chi connectivity index (χ0n) is 17.7. The fourth-order valence-corrected chi connectivity index (χ4v) is 3.32. The quantitative estimate of drug-likeness (QED) is 0.634. The number of carbonyl (C=O) groups is 1. The van der Waals surface area contributed by atoms with Crippen molar-refractivity contribution < 1.29 is 14.3 Å². The van der Waals surface area contributed by atoms with E-state index in [0.29, 0.717) is 19.1 Å². The molecule has 7 nitrogen and oxygen atoms in total. The van der Waals surface area contributed by atoms with Gasteiger partial charge in [-0.3, -0.25) is 0 Å². The lowest BCUT2D eigenvalue weighted by Crippen LogP contribution is -2.43. The summed E-state index contributed by atoms with van der Waals surface area (Å²) < 4.78 is 11.7. The van der Waals surface area contributed by atoms with Gasteiger partial charge in [0.2, 0.25) is 0 Å². The molecule has 0 unspecified atom stereocenters. The third-order valence-corrected chi connectivity index (χ3v) is 5.12. The second kappa shape index (κ2) is 9.47. The largest absolute Gasteiger partial charge is 0.460 e. The van der Waals surface area contributed by atoms with Crippen molar-refractivity contribution in [1.82, 2.24) is 14.9 Å². The predicted molar refractivity (Wildman–Crippen MR) is 119 cm³/mol. The molecule has 1 aliphatic heterocycles. The van der Waals surface area contributed by atoms with Gasteiger partial charge in [-0.2, -0.15) is 0 Å². The summed E-state index contributed by atoms with van der Waals surface area (Å²) in [5, 5.41) is 2.95. The number of amides is 2. The summed E-state index contributed by atoms with van der Waals surface area (Å²) in [6.07, 6.45) is 4.98. The van der Waals surface area contributed by atoms with Gasteiger partial charge in [-0.05, 0) is 55.8 Å². The smallest absolute Gasteiger partial charge is 0.321 e. The number of nitrogens with zero attached hydrogens (tertiary/aromatic N) is 3. The lowest BCUT2D eigenvalue weighted by atomic mass is 10.1. The Hall–Kier alpha value is -3.61. The second-order valence-electron chi connectivity index (χ2n) is 7.72. The second-order valence-corrected chi connectivity index (χ2v) is 7.72. The van der Waals surface area contributed by atoms with E-state index in [1.807, 2.05) is 62.4 Å². The fourth-order valence-electron chi connectivity index (χ4n) is 3.32. The van der Waals surface area contributed by atoms with Crippen molar-refractivity contribution in [2.24, 2.45) is 0 Å². The van der Waals surface area contributed by atoms with Crippen molar-refractivity contribution in [3.05, 3.63) is 72.1 Å². The van der Waals surface area contributed by atoms with Crippen LogP contribution >= 0.6 is 0 Å². The van der Waals surface area contributed by atoms with Crippen LogP contribution < -0.4 is 14.8 Å². The molecule has 0 spiro atoms. The van der Waals surface area contributed by atoms with Crippen LogP contribution in [0.4, 0.5) is 10.5 Å². The number of piperidine rings is 1. The van der Waals surface area contributed by atoms with Gasteiger partial charge in [0.25, 0.3) is 0 Å². The lowest BCUT2D eigenvalue weighted by Gasteiger charge is -2.31. The van der Waals surface area contributed by atoms with E-state index < -0.39 is 0 Å². The van der Waals surface area contributed by atoms with Crippen molar-refractivity contribution >= 4 is 11.7 Å². The Morgan fingerprint density at radius 3 is 2.10 bits per heavy atom. The van der Waals surface area contributed by atoms with Gasteiger partial charge in [0.1, 0.15) is 17.6 Å².